The number of aryl methyl sites for hydroxylation is 3. The van der Waals surface area contributed by atoms with E-state index < -0.39 is 0 Å². The van der Waals surface area contributed by atoms with Crippen LogP contribution in [-0.2, 0) is 19.7 Å². The molecular formula is C19H24N4O2. The summed E-state index contributed by atoms with van der Waals surface area (Å²) in [5.41, 5.74) is 4.30. The van der Waals surface area contributed by atoms with E-state index in [2.05, 4.69) is 27.7 Å². The van der Waals surface area contributed by atoms with Gasteiger partial charge in [0.25, 0.3) is 0 Å². The Kier molecular flexibility index (Phi) is 5.50. The molecule has 0 atom stereocenters. The quantitative estimate of drug-likeness (QED) is 0.638. The standard InChI is InChI=1S/C19H24N4O2/c1-14-10-21-23(12-14)9-8-20-11-17-4-6-18(7-5-17)24-13-19-15(2)22-25-16(19)3/h4-7,10,12,20H,8-9,11,13H2,1-3H3. The molecule has 0 fully saturated rings. The van der Waals surface area contributed by atoms with Gasteiger partial charge in [-0.1, -0.05) is 17.3 Å². The van der Waals surface area contributed by atoms with E-state index in [4.69, 9.17) is 9.26 Å². The minimum absolute atomic E-state index is 0.474. The molecule has 0 bridgehead atoms. The van der Waals surface area contributed by atoms with Crippen LogP contribution in [0, 0.1) is 20.8 Å². The average molecular weight is 340 g/mol. The Morgan fingerprint density at radius 2 is 1.96 bits per heavy atom. The van der Waals surface area contributed by atoms with Crippen molar-refractivity contribution in [2.45, 2.75) is 40.5 Å². The van der Waals surface area contributed by atoms with E-state index in [1.165, 1.54) is 11.1 Å². The highest BCUT2D eigenvalue weighted by atomic mass is 16.5. The lowest BCUT2D eigenvalue weighted by Crippen LogP contribution is -2.19. The summed E-state index contributed by atoms with van der Waals surface area (Å²) < 4.78 is 12.9. The molecule has 0 aliphatic carbocycles. The molecule has 0 saturated carbocycles. The van der Waals surface area contributed by atoms with Crippen LogP contribution in [0.3, 0.4) is 0 Å². The number of aromatic nitrogens is 3. The van der Waals surface area contributed by atoms with Crippen LogP contribution in [0.4, 0.5) is 0 Å². The van der Waals surface area contributed by atoms with Gasteiger partial charge in [-0.3, -0.25) is 4.68 Å². The molecule has 0 radical (unpaired) electrons. The summed E-state index contributed by atoms with van der Waals surface area (Å²) in [5, 5.41) is 11.6. The van der Waals surface area contributed by atoms with E-state index in [0.29, 0.717) is 6.61 Å². The summed E-state index contributed by atoms with van der Waals surface area (Å²) in [5.74, 6) is 1.65. The van der Waals surface area contributed by atoms with Crippen molar-refractivity contribution in [3.63, 3.8) is 0 Å². The monoisotopic (exact) mass is 340 g/mol. The van der Waals surface area contributed by atoms with E-state index in [1.54, 1.807) is 0 Å². The van der Waals surface area contributed by atoms with Gasteiger partial charge in [-0.25, -0.2) is 0 Å². The Bertz CT molecular complexity index is 786. The summed E-state index contributed by atoms with van der Waals surface area (Å²) >= 11 is 0. The number of rotatable bonds is 8. The fraction of sp³-hybridized carbons (Fsp3) is 0.368. The molecule has 0 saturated heterocycles. The highest BCUT2D eigenvalue weighted by Gasteiger charge is 2.09. The van der Waals surface area contributed by atoms with E-state index in [0.717, 1.165) is 42.4 Å². The molecule has 1 N–H and O–H groups in total. The van der Waals surface area contributed by atoms with Gasteiger partial charge in [0.05, 0.1) is 24.0 Å². The normalized spacial score (nSPS) is 11.0. The Hall–Kier alpha value is -2.60. The SMILES string of the molecule is Cc1cnn(CCNCc2ccc(OCc3c(C)noc3C)cc2)c1. The minimum atomic E-state index is 0.474. The number of hydrogen-bond donors (Lipinski definition) is 1. The molecule has 0 unspecified atom stereocenters. The van der Waals surface area contributed by atoms with Crippen molar-refractivity contribution in [1.29, 1.82) is 0 Å². The molecule has 6 heteroatoms. The van der Waals surface area contributed by atoms with Gasteiger partial charge in [0.1, 0.15) is 18.1 Å². The Labute approximate surface area is 147 Å². The number of hydrogen-bond acceptors (Lipinski definition) is 5. The van der Waals surface area contributed by atoms with E-state index in [9.17, 15) is 0 Å². The van der Waals surface area contributed by atoms with E-state index in [-0.39, 0.29) is 0 Å². The summed E-state index contributed by atoms with van der Waals surface area (Å²) in [7, 11) is 0. The molecule has 0 aliphatic heterocycles. The second-order valence-corrected chi connectivity index (χ2v) is 6.19. The van der Waals surface area contributed by atoms with Crippen LogP contribution in [0.5, 0.6) is 5.75 Å². The molecule has 0 amide bonds. The highest BCUT2D eigenvalue weighted by Crippen LogP contribution is 2.17. The van der Waals surface area contributed by atoms with Gasteiger partial charge >= 0.3 is 0 Å². The molecule has 1 aromatic carbocycles. The average Bonchev–Trinajstić information content (AvgIpc) is 3.17. The zero-order valence-electron chi connectivity index (χ0n) is 15.0. The van der Waals surface area contributed by atoms with Crippen LogP contribution in [-0.4, -0.2) is 21.5 Å². The van der Waals surface area contributed by atoms with Gasteiger partial charge in [-0.05, 0) is 44.0 Å². The number of benzene rings is 1. The smallest absolute Gasteiger partial charge is 0.140 e. The Morgan fingerprint density at radius 1 is 1.16 bits per heavy atom. The number of nitrogens with zero attached hydrogens (tertiary/aromatic N) is 3. The molecule has 132 valence electrons. The Morgan fingerprint density at radius 3 is 2.60 bits per heavy atom. The molecule has 0 spiro atoms. The first-order valence-electron chi connectivity index (χ1n) is 8.45. The van der Waals surface area contributed by atoms with Crippen molar-refractivity contribution < 1.29 is 9.26 Å². The predicted molar refractivity (Wildman–Crippen MR) is 95.4 cm³/mol. The highest BCUT2D eigenvalue weighted by molar-refractivity contribution is 5.28. The molecule has 6 nitrogen and oxygen atoms in total. The van der Waals surface area contributed by atoms with Crippen LogP contribution in [0.1, 0.15) is 28.1 Å². The predicted octanol–water partition coefficient (Wildman–Crippen LogP) is 3.17. The molecule has 2 aromatic heterocycles. The first kappa shape index (κ1) is 17.2. The summed E-state index contributed by atoms with van der Waals surface area (Å²) in [6.45, 7) is 8.92. The maximum Gasteiger partial charge on any atom is 0.140 e. The van der Waals surface area contributed by atoms with Gasteiger partial charge in [-0.2, -0.15) is 5.10 Å². The molecule has 3 rings (SSSR count). The second kappa shape index (κ2) is 7.98. The fourth-order valence-corrected chi connectivity index (χ4v) is 2.58. The molecule has 2 heterocycles. The summed E-state index contributed by atoms with van der Waals surface area (Å²) in [4.78, 5) is 0. The van der Waals surface area contributed by atoms with Crippen molar-refractivity contribution >= 4 is 0 Å². The van der Waals surface area contributed by atoms with Crippen molar-refractivity contribution in [2.75, 3.05) is 6.54 Å². The van der Waals surface area contributed by atoms with Crippen LogP contribution in [0.2, 0.25) is 0 Å². The fourth-order valence-electron chi connectivity index (χ4n) is 2.58. The first-order chi connectivity index (χ1) is 12.1. The second-order valence-electron chi connectivity index (χ2n) is 6.19. The number of nitrogens with one attached hydrogen (secondary N) is 1. The molecular weight excluding hydrogens is 316 g/mol. The molecule has 0 aliphatic rings. The van der Waals surface area contributed by atoms with Gasteiger partial charge in [0.15, 0.2) is 0 Å². The van der Waals surface area contributed by atoms with Crippen LogP contribution in [0.15, 0.2) is 41.2 Å². The van der Waals surface area contributed by atoms with Crippen molar-refractivity contribution in [3.8, 4) is 5.75 Å². The van der Waals surface area contributed by atoms with Gasteiger partial charge in [0, 0.05) is 19.3 Å². The van der Waals surface area contributed by atoms with Crippen LogP contribution >= 0.6 is 0 Å². The lowest BCUT2D eigenvalue weighted by Gasteiger charge is -2.08. The minimum Gasteiger partial charge on any atom is -0.489 e. The zero-order valence-corrected chi connectivity index (χ0v) is 15.0. The summed E-state index contributed by atoms with van der Waals surface area (Å²) in [6, 6.07) is 8.14. The van der Waals surface area contributed by atoms with E-state index >= 15 is 0 Å². The zero-order chi connectivity index (χ0) is 17.6. The maximum atomic E-state index is 5.82. The van der Waals surface area contributed by atoms with Crippen LogP contribution in [0.25, 0.3) is 0 Å². The van der Waals surface area contributed by atoms with Crippen molar-refractivity contribution in [1.82, 2.24) is 20.3 Å². The first-order valence-corrected chi connectivity index (χ1v) is 8.45. The maximum absolute atomic E-state index is 5.82. The van der Waals surface area contributed by atoms with Gasteiger partial charge in [-0.15, -0.1) is 0 Å². The lowest BCUT2D eigenvalue weighted by molar-refractivity contribution is 0.301. The van der Waals surface area contributed by atoms with Gasteiger partial charge < -0.3 is 14.6 Å². The van der Waals surface area contributed by atoms with Crippen molar-refractivity contribution in [3.05, 3.63) is 64.8 Å². The largest absolute Gasteiger partial charge is 0.489 e. The van der Waals surface area contributed by atoms with Crippen molar-refractivity contribution in [2.24, 2.45) is 0 Å². The third-order valence-electron chi connectivity index (χ3n) is 4.10. The third kappa shape index (κ3) is 4.70. The Balaban J connectivity index is 1.42. The topological polar surface area (TPSA) is 65.1 Å². The molecule has 25 heavy (non-hydrogen) atoms. The van der Waals surface area contributed by atoms with E-state index in [1.807, 2.05) is 50.0 Å². The summed E-state index contributed by atoms with van der Waals surface area (Å²) in [6.07, 6.45) is 3.92. The van der Waals surface area contributed by atoms with Crippen LogP contribution < -0.4 is 10.1 Å². The third-order valence-corrected chi connectivity index (χ3v) is 4.10. The van der Waals surface area contributed by atoms with Gasteiger partial charge in [0.2, 0.25) is 0 Å². The number of ether oxygens (including phenoxy) is 1. The lowest BCUT2D eigenvalue weighted by atomic mass is 10.2. The molecule has 3 aromatic rings.